The molecule has 1 aliphatic heterocycles. The Morgan fingerprint density at radius 3 is 2.48 bits per heavy atom. The van der Waals surface area contributed by atoms with Crippen LogP contribution in [0.1, 0.15) is 18.4 Å². The van der Waals surface area contributed by atoms with E-state index in [9.17, 15) is 8.42 Å². The third-order valence-electron chi connectivity index (χ3n) is 3.65. The normalized spacial score (nSPS) is 18.1. The Morgan fingerprint density at radius 1 is 1.29 bits per heavy atom. The van der Waals surface area contributed by atoms with Crippen LogP contribution in [-0.4, -0.2) is 39.5 Å². The van der Waals surface area contributed by atoms with E-state index in [0.717, 1.165) is 25.9 Å². The molecule has 5 nitrogen and oxygen atoms in total. The molecule has 1 saturated heterocycles. The van der Waals surface area contributed by atoms with E-state index in [1.165, 1.54) is 12.1 Å². The van der Waals surface area contributed by atoms with Crippen LogP contribution < -0.4 is 10.5 Å². The fraction of sp³-hybridized carbons (Fsp3) is 0.538. The molecule has 1 aliphatic rings. The molecule has 2 rings (SSSR count). The predicted octanol–water partition coefficient (Wildman–Crippen LogP) is 1.82. The molecule has 0 unspecified atom stereocenters. The van der Waals surface area contributed by atoms with Crippen molar-refractivity contribution in [1.82, 2.24) is 9.62 Å². The summed E-state index contributed by atoms with van der Waals surface area (Å²) in [5.74, 6) is 0. The Hall–Kier alpha value is -0.370. The first kappa shape index (κ1) is 17.0. The summed E-state index contributed by atoms with van der Waals surface area (Å²) in [5.41, 5.74) is 6.12. The average molecular weight is 352 g/mol. The van der Waals surface area contributed by atoms with E-state index < -0.39 is 10.0 Å². The van der Waals surface area contributed by atoms with Gasteiger partial charge in [0.15, 0.2) is 0 Å². The maximum Gasteiger partial charge on any atom is 0.242 e. The van der Waals surface area contributed by atoms with Gasteiger partial charge in [-0.25, -0.2) is 13.1 Å². The van der Waals surface area contributed by atoms with Crippen LogP contribution in [0.25, 0.3) is 0 Å². The van der Waals surface area contributed by atoms with Gasteiger partial charge in [0.2, 0.25) is 10.0 Å². The van der Waals surface area contributed by atoms with Crippen molar-refractivity contribution in [3.8, 4) is 0 Å². The molecule has 0 amide bonds. The number of nitrogens with two attached hydrogens (primary N) is 1. The van der Waals surface area contributed by atoms with Crippen molar-refractivity contribution in [2.75, 3.05) is 20.1 Å². The van der Waals surface area contributed by atoms with Crippen LogP contribution in [0.4, 0.5) is 0 Å². The molecule has 21 heavy (non-hydrogen) atoms. The van der Waals surface area contributed by atoms with E-state index in [0.29, 0.717) is 10.6 Å². The molecule has 0 aliphatic carbocycles. The minimum atomic E-state index is -3.67. The van der Waals surface area contributed by atoms with E-state index in [1.807, 2.05) is 7.05 Å². The van der Waals surface area contributed by atoms with E-state index in [-0.39, 0.29) is 22.5 Å². The number of hydrogen-bond acceptors (Lipinski definition) is 4. The molecule has 1 heterocycles. The molecule has 0 radical (unpaired) electrons. The highest BCUT2D eigenvalue weighted by molar-refractivity contribution is 7.89. The molecular weight excluding hydrogens is 333 g/mol. The highest BCUT2D eigenvalue weighted by Gasteiger charge is 2.25. The standard InChI is InChI=1S/C13H19Cl2N3O2S/c1-18-4-2-10(3-5-18)17-21(19,20)13-6-9(8-16)11(14)7-12(13)15/h6-7,10,17H,2-5,8,16H2,1H3. The van der Waals surface area contributed by atoms with Crippen LogP contribution in [0.3, 0.4) is 0 Å². The van der Waals surface area contributed by atoms with Crippen molar-refractivity contribution in [1.29, 1.82) is 0 Å². The van der Waals surface area contributed by atoms with Gasteiger partial charge in [0, 0.05) is 17.6 Å². The lowest BCUT2D eigenvalue weighted by atomic mass is 10.1. The summed E-state index contributed by atoms with van der Waals surface area (Å²) in [6.07, 6.45) is 1.56. The van der Waals surface area contributed by atoms with Crippen LogP contribution in [-0.2, 0) is 16.6 Å². The molecule has 0 bridgehead atoms. The molecule has 8 heteroatoms. The minimum absolute atomic E-state index is 0.0351. The second-order valence-electron chi connectivity index (χ2n) is 5.28. The number of rotatable bonds is 4. The van der Waals surface area contributed by atoms with Gasteiger partial charge in [0.1, 0.15) is 4.90 Å². The maximum atomic E-state index is 12.5. The van der Waals surface area contributed by atoms with Crippen LogP contribution in [0.2, 0.25) is 10.0 Å². The molecule has 0 atom stereocenters. The topological polar surface area (TPSA) is 75.4 Å². The lowest BCUT2D eigenvalue weighted by molar-refractivity contribution is 0.248. The first-order valence-corrected chi connectivity index (χ1v) is 8.96. The van der Waals surface area contributed by atoms with E-state index in [4.69, 9.17) is 28.9 Å². The minimum Gasteiger partial charge on any atom is -0.326 e. The van der Waals surface area contributed by atoms with Crippen molar-refractivity contribution in [2.24, 2.45) is 5.73 Å². The Labute approximate surface area is 135 Å². The highest BCUT2D eigenvalue weighted by Crippen LogP contribution is 2.29. The summed E-state index contributed by atoms with van der Waals surface area (Å²) in [7, 11) is -1.65. The van der Waals surface area contributed by atoms with Gasteiger partial charge >= 0.3 is 0 Å². The first-order chi connectivity index (χ1) is 9.83. The fourth-order valence-corrected chi connectivity index (χ4v) is 4.52. The summed E-state index contributed by atoms with van der Waals surface area (Å²) in [5, 5.41) is 0.485. The summed E-state index contributed by atoms with van der Waals surface area (Å²) < 4.78 is 27.7. The van der Waals surface area contributed by atoms with E-state index in [1.54, 1.807) is 0 Å². The van der Waals surface area contributed by atoms with E-state index >= 15 is 0 Å². The smallest absolute Gasteiger partial charge is 0.242 e. The Balaban J connectivity index is 2.23. The SMILES string of the molecule is CN1CCC(NS(=O)(=O)c2cc(CN)c(Cl)cc2Cl)CC1. The zero-order valence-corrected chi connectivity index (χ0v) is 14.1. The first-order valence-electron chi connectivity index (χ1n) is 6.72. The summed E-state index contributed by atoms with van der Waals surface area (Å²) in [6, 6.07) is 2.80. The molecule has 1 aromatic carbocycles. The largest absolute Gasteiger partial charge is 0.326 e. The third kappa shape index (κ3) is 4.09. The lowest BCUT2D eigenvalue weighted by Crippen LogP contribution is -2.43. The molecule has 0 spiro atoms. The number of piperidine rings is 1. The number of hydrogen-bond donors (Lipinski definition) is 2. The van der Waals surface area contributed by atoms with Crippen molar-refractivity contribution in [2.45, 2.75) is 30.3 Å². The van der Waals surface area contributed by atoms with Gasteiger partial charge in [0.05, 0.1) is 5.02 Å². The van der Waals surface area contributed by atoms with Gasteiger partial charge in [0.25, 0.3) is 0 Å². The van der Waals surface area contributed by atoms with Gasteiger partial charge in [-0.05, 0) is 50.7 Å². The molecule has 1 aromatic rings. The quantitative estimate of drug-likeness (QED) is 0.867. The van der Waals surface area contributed by atoms with Gasteiger partial charge in [-0.2, -0.15) is 0 Å². The third-order valence-corrected chi connectivity index (χ3v) is 5.99. The maximum absolute atomic E-state index is 12.5. The van der Waals surface area contributed by atoms with Crippen molar-refractivity contribution in [3.05, 3.63) is 27.7 Å². The number of nitrogens with zero attached hydrogens (tertiary/aromatic N) is 1. The fourth-order valence-electron chi connectivity index (χ4n) is 2.34. The van der Waals surface area contributed by atoms with Crippen LogP contribution in [0.5, 0.6) is 0 Å². The summed E-state index contributed by atoms with van der Waals surface area (Å²) in [4.78, 5) is 2.21. The second kappa shape index (κ2) is 6.81. The number of halogens is 2. The van der Waals surface area contributed by atoms with Crippen LogP contribution in [0, 0.1) is 0 Å². The predicted molar refractivity (Wildman–Crippen MR) is 85.2 cm³/mol. The monoisotopic (exact) mass is 351 g/mol. The number of benzene rings is 1. The highest BCUT2D eigenvalue weighted by atomic mass is 35.5. The molecule has 118 valence electrons. The lowest BCUT2D eigenvalue weighted by Gasteiger charge is -2.29. The van der Waals surface area contributed by atoms with Gasteiger partial charge in [-0.1, -0.05) is 23.2 Å². The number of sulfonamides is 1. The van der Waals surface area contributed by atoms with E-state index in [2.05, 4.69) is 9.62 Å². The van der Waals surface area contributed by atoms with Gasteiger partial charge in [-0.3, -0.25) is 0 Å². The van der Waals surface area contributed by atoms with Crippen molar-refractivity contribution in [3.63, 3.8) is 0 Å². The summed E-state index contributed by atoms with van der Waals surface area (Å²) >= 11 is 12.0. The molecule has 3 N–H and O–H groups in total. The van der Waals surface area contributed by atoms with Crippen LogP contribution in [0.15, 0.2) is 17.0 Å². The van der Waals surface area contributed by atoms with Crippen LogP contribution >= 0.6 is 23.2 Å². The van der Waals surface area contributed by atoms with Gasteiger partial charge in [-0.15, -0.1) is 0 Å². The number of nitrogens with one attached hydrogen (secondary N) is 1. The number of likely N-dealkylation sites (tertiary alicyclic amines) is 1. The average Bonchev–Trinajstić information content (AvgIpc) is 2.41. The second-order valence-corrected chi connectivity index (χ2v) is 7.77. The zero-order chi connectivity index (χ0) is 15.6. The molecule has 0 aromatic heterocycles. The zero-order valence-electron chi connectivity index (χ0n) is 11.8. The Bertz CT molecular complexity index is 614. The molecule has 1 fully saturated rings. The summed E-state index contributed by atoms with van der Waals surface area (Å²) in [6.45, 7) is 1.90. The van der Waals surface area contributed by atoms with Crippen molar-refractivity contribution < 1.29 is 8.42 Å². The molecular formula is C13H19Cl2N3O2S. The van der Waals surface area contributed by atoms with Crippen molar-refractivity contribution >= 4 is 33.2 Å². The van der Waals surface area contributed by atoms with Gasteiger partial charge < -0.3 is 10.6 Å². The molecule has 0 saturated carbocycles. The Morgan fingerprint density at radius 2 is 1.90 bits per heavy atom. The Kier molecular flexibility index (Phi) is 5.51.